The van der Waals surface area contributed by atoms with Gasteiger partial charge in [-0.2, -0.15) is 5.10 Å². The molecule has 0 radical (unpaired) electrons. The molecule has 30 heavy (non-hydrogen) atoms. The van der Waals surface area contributed by atoms with Crippen molar-refractivity contribution in [2.24, 2.45) is 11.8 Å². The number of rotatable bonds is 6. The quantitative estimate of drug-likeness (QED) is 0.790. The third-order valence-electron chi connectivity index (χ3n) is 6.68. The maximum Gasteiger partial charge on any atom is 0.228 e. The molecule has 1 N–H and O–H groups in total. The smallest absolute Gasteiger partial charge is 0.228 e. The highest BCUT2D eigenvalue weighted by Crippen LogP contribution is 2.33. The Bertz CT molecular complexity index is 844. The number of piperidine rings is 1. The van der Waals surface area contributed by atoms with Gasteiger partial charge in [-0.25, -0.2) is 4.39 Å². The number of hydrogen-bond acceptors (Lipinski definition) is 4. The standard InChI is InChI=1S/C23H32FN5O/c1-3-29-15-17(13-25-29)14-28-10-8-18(9-11-28)22-12-19(16-27(22)2)23(30)26-21-6-4-20(24)5-7-21/h4-7,13,15,18-19,22H,3,8-12,14,16H2,1-2H3,(H,26,30). The second-order valence-corrected chi connectivity index (χ2v) is 8.75. The highest BCUT2D eigenvalue weighted by molar-refractivity contribution is 5.92. The van der Waals surface area contributed by atoms with Crippen molar-refractivity contribution in [3.05, 3.63) is 48.0 Å². The monoisotopic (exact) mass is 413 g/mol. The van der Waals surface area contributed by atoms with E-state index in [1.54, 1.807) is 12.1 Å². The molecule has 1 aromatic heterocycles. The molecule has 3 heterocycles. The third-order valence-corrected chi connectivity index (χ3v) is 6.68. The lowest BCUT2D eigenvalue weighted by molar-refractivity contribution is -0.119. The molecule has 6 nitrogen and oxygen atoms in total. The van der Waals surface area contributed by atoms with Crippen molar-refractivity contribution in [2.75, 3.05) is 32.0 Å². The first-order valence-electron chi connectivity index (χ1n) is 11.0. The van der Waals surface area contributed by atoms with Gasteiger partial charge in [-0.15, -0.1) is 0 Å². The lowest BCUT2D eigenvalue weighted by Gasteiger charge is -2.37. The highest BCUT2D eigenvalue weighted by Gasteiger charge is 2.39. The van der Waals surface area contributed by atoms with Crippen LogP contribution in [0.15, 0.2) is 36.7 Å². The van der Waals surface area contributed by atoms with Crippen LogP contribution in [0.2, 0.25) is 0 Å². The predicted molar refractivity (Wildman–Crippen MR) is 115 cm³/mol. The molecule has 1 aromatic carbocycles. The van der Waals surface area contributed by atoms with E-state index in [9.17, 15) is 9.18 Å². The molecule has 4 rings (SSSR count). The molecule has 0 saturated carbocycles. The molecule has 2 atom stereocenters. The van der Waals surface area contributed by atoms with Gasteiger partial charge >= 0.3 is 0 Å². The van der Waals surface area contributed by atoms with Crippen LogP contribution in [-0.4, -0.2) is 58.2 Å². The van der Waals surface area contributed by atoms with Crippen molar-refractivity contribution >= 4 is 11.6 Å². The van der Waals surface area contributed by atoms with Crippen LogP contribution in [0.4, 0.5) is 10.1 Å². The topological polar surface area (TPSA) is 53.4 Å². The second kappa shape index (κ2) is 9.27. The minimum atomic E-state index is -0.292. The molecule has 162 valence electrons. The Labute approximate surface area is 178 Å². The van der Waals surface area contributed by atoms with Crippen molar-refractivity contribution in [3.8, 4) is 0 Å². The fraction of sp³-hybridized carbons (Fsp3) is 0.565. The van der Waals surface area contributed by atoms with Gasteiger partial charge in [0.2, 0.25) is 5.91 Å². The van der Waals surface area contributed by atoms with E-state index < -0.39 is 0 Å². The molecule has 2 aliphatic heterocycles. The van der Waals surface area contributed by atoms with Crippen LogP contribution in [0.1, 0.15) is 31.7 Å². The van der Waals surface area contributed by atoms with E-state index in [1.165, 1.54) is 30.5 Å². The first kappa shape index (κ1) is 21.0. The maximum atomic E-state index is 13.1. The number of aryl methyl sites for hydroxylation is 1. The molecule has 7 heteroatoms. The Balaban J connectivity index is 1.26. The van der Waals surface area contributed by atoms with Crippen molar-refractivity contribution in [1.29, 1.82) is 0 Å². The zero-order valence-corrected chi connectivity index (χ0v) is 17.9. The Hall–Kier alpha value is -2.25. The van der Waals surface area contributed by atoms with Crippen molar-refractivity contribution < 1.29 is 9.18 Å². The summed E-state index contributed by atoms with van der Waals surface area (Å²) in [5.74, 6) is 0.372. The molecular formula is C23H32FN5O. The summed E-state index contributed by atoms with van der Waals surface area (Å²) < 4.78 is 15.1. The van der Waals surface area contributed by atoms with E-state index in [1.807, 2.05) is 10.9 Å². The average molecular weight is 414 g/mol. The number of halogens is 1. The van der Waals surface area contributed by atoms with Crippen LogP contribution >= 0.6 is 0 Å². The number of aromatic nitrogens is 2. The van der Waals surface area contributed by atoms with Gasteiger partial charge in [0.05, 0.1) is 12.1 Å². The summed E-state index contributed by atoms with van der Waals surface area (Å²) in [5, 5.41) is 7.32. The maximum absolute atomic E-state index is 13.1. The molecule has 2 aliphatic rings. The van der Waals surface area contributed by atoms with Crippen LogP contribution in [-0.2, 0) is 17.9 Å². The zero-order valence-electron chi connectivity index (χ0n) is 17.9. The lowest BCUT2D eigenvalue weighted by Crippen LogP contribution is -2.41. The summed E-state index contributed by atoms with van der Waals surface area (Å²) in [6.45, 7) is 6.96. The van der Waals surface area contributed by atoms with Gasteiger partial charge < -0.3 is 10.2 Å². The van der Waals surface area contributed by atoms with Crippen molar-refractivity contribution in [1.82, 2.24) is 19.6 Å². The number of hydrogen-bond donors (Lipinski definition) is 1. The van der Waals surface area contributed by atoms with E-state index in [0.717, 1.165) is 39.1 Å². The van der Waals surface area contributed by atoms with Crippen molar-refractivity contribution in [3.63, 3.8) is 0 Å². The van der Waals surface area contributed by atoms with Gasteiger partial charge in [0.15, 0.2) is 0 Å². The number of likely N-dealkylation sites (tertiary alicyclic amines) is 2. The summed E-state index contributed by atoms with van der Waals surface area (Å²) in [6.07, 6.45) is 7.36. The molecule has 0 bridgehead atoms. The number of anilines is 1. The average Bonchev–Trinajstić information content (AvgIpc) is 3.37. The van der Waals surface area contributed by atoms with Crippen LogP contribution in [0.25, 0.3) is 0 Å². The van der Waals surface area contributed by atoms with E-state index in [2.05, 4.69) is 40.4 Å². The number of carbonyl (C=O) groups excluding carboxylic acids is 1. The highest BCUT2D eigenvalue weighted by atomic mass is 19.1. The van der Waals surface area contributed by atoms with Crippen LogP contribution in [0.3, 0.4) is 0 Å². The number of benzene rings is 1. The van der Waals surface area contributed by atoms with E-state index in [-0.39, 0.29) is 17.6 Å². The van der Waals surface area contributed by atoms with Gasteiger partial charge in [0.1, 0.15) is 5.82 Å². The SMILES string of the molecule is CCn1cc(CN2CCC(C3CC(C(=O)Nc4ccc(F)cc4)CN3C)CC2)cn1. The molecule has 2 aromatic rings. The molecule has 2 saturated heterocycles. The third kappa shape index (κ3) is 4.90. The fourth-order valence-corrected chi connectivity index (χ4v) is 4.96. The summed E-state index contributed by atoms with van der Waals surface area (Å²) in [5.41, 5.74) is 1.94. The van der Waals surface area contributed by atoms with Crippen LogP contribution < -0.4 is 5.32 Å². The lowest BCUT2D eigenvalue weighted by atomic mass is 9.86. The molecule has 2 fully saturated rings. The Morgan fingerprint density at radius 1 is 1.23 bits per heavy atom. The molecule has 1 amide bonds. The van der Waals surface area contributed by atoms with Crippen LogP contribution in [0.5, 0.6) is 0 Å². The zero-order chi connectivity index (χ0) is 21.1. The van der Waals surface area contributed by atoms with Crippen molar-refractivity contribution in [2.45, 2.75) is 45.3 Å². The fourth-order valence-electron chi connectivity index (χ4n) is 4.96. The summed E-state index contributed by atoms with van der Waals surface area (Å²) in [6, 6.07) is 6.44. The number of amides is 1. The number of nitrogens with zero attached hydrogens (tertiary/aromatic N) is 4. The summed E-state index contributed by atoms with van der Waals surface area (Å²) in [4.78, 5) is 17.6. The molecule has 2 unspecified atom stereocenters. The molecular weight excluding hydrogens is 381 g/mol. The van der Waals surface area contributed by atoms with Gasteiger partial charge in [0.25, 0.3) is 0 Å². The van der Waals surface area contributed by atoms with Gasteiger partial charge in [0, 0.05) is 43.1 Å². The largest absolute Gasteiger partial charge is 0.326 e. The van der Waals surface area contributed by atoms with Crippen LogP contribution in [0, 0.1) is 17.7 Å². The second-order valence-electron chi connectivity index (χ2n) is 8.75. The molecule has 0 aliphatic carbocycles. The minimum absolute atomic E-state index is 0.0111. The Kier molecular flexibility index (Phi) is 6.49. The predicted octanol–water partition coefficient (Wildman–Crippen LogP) is 3.21. The van der Waals surface area contributed by atoms with Gasteiger partial charge in [-0.3, -0.25) is 14.4 Å². The van der Waals surface area contributed by atoms with E-state index in [4.69, 9.17) is 0 Å². The van der Waals surface area contributed by atoms with E-state index >= 15 is 0 Å². The number of nitrogens with one attached hydrogen (secondary N) is 1. The Morgan fingerprint density at radius 3 is 2.63 bits per heavy atom. The van der Waals surface area contributed by atoms with Gasteiger partial charge in [-0.1, -0.05) is 0 Å². The molecule has 0 spiro atoms. The first-order chi connectivity index (χ1) is 14.5. The number of carbonyl (C=O) groups is 1. The summed E-state index contributed by atoms with van der Waals surface area (Å²) >= 11 is 0. The Morgan fingerprint density at radius 2 is 1.97 bits per heavy atom. The first-order valence-corrected chi connectivity index (χ1v) is 11.0. The summed E-state index contributed by atoms with van der Waals surface area (Å²) in [7, 11) is 2.14. The normalized spacial score (nSPS) is 23.7. The van der Waals surface area contributed by atoms with Gasteiger partial charge in [-0.05, 0) is 76.5 Å². The minimum Gasteiger partial charge on any atom is -0.326 e. The van der Waals surface area contributed by atoms with E-state index in [0.29, 0.717) is 17.6 Å².